The quantitative estimate of drug-likeness (QED) is 0.882. The van der Waals surface area contributed by atoms with Gasteiger partial charge in [0.1, 0.15) is 5.75 Å². The Kier molecular flexibility index (Phi) is 4.82. The molecule has 2 N–H and O–H groups in total. The highest BCUT2D eigenvalue weighted by molar-refractivity contribution is 5.89. The van der Waals surface area contributed by atoms with Crippen LogP contribution in [0.1, 0.15) is 18.1 Å². The predicted molar refractivity (Wildman–Crippen MR) is 85.8 cm³/mol. The fourth-order valence-electron chi connectivity index (χ4n) is 2.14. The first kappa shape index (κ1) is 14.9. The number of rotatable bonds is 5. The van der Waals surface area contributed by atoms with Gasteiger partial charge in [0.05, 0.1) is 7.11 Å². The van der Waals surface area contributed by atoms with Gasteiger partial charge in [-0.2, -0.15) is 0 Å². The van der Waals surface area contributed by atoms with Crippen LogP contribution in [0.3, 0.4) is 0 Å². The number of carbonyl (C=O) groups excluding carboxylic acids is 1. The van der Waals surface area contributed by atoms with E-state index < -0.39 is 0 Å². The van der Waals surface area contributed by atoms with Crippen LogP contribution in [0.5, 0.6) is 5.75 Å². The van der Waals surface area contributed by atoms with Crippen LogP contribution in [0.15, 0.2) is 42.5 Å². The van der Waals surface area contributed by atoms with E-state index >= 15 is 0 Å². The Balaban J connectivity index is 2.11. The molecule has 1 amide bonds. The van der Waals surface area contributed by atoms with Crippen molar-refractivity contribution in [3.05, 3.63) is 53.6 Å². The van der Waals surface area contributed by atoms with Crippen LogP contribution in [0.2, 0.25) is 0 Å². The summed E-state index contributed by atoms with van der Waals surface area (Å²) in [7, 11) is 1.66. The van der Waals surface area contributed by atoms with Crippen molar-refractivity contribution in [3.8, 4) is 5.75 Å². The zero-order valence-corrected chi connectivity index (χ0v) is 12.6. The minimum absolute atomic E-state index is 0.0666. The molecule has 0 aliphatic rings. The molecule has 2 aromatic rings. The monoisotopic (exact) mass is 284 g/mol. The minimum Gasteiger partial charge on any atom is -0.497 e. The van der Waals surface area contributed by atoms with E-state index in [1.165, 1.54) is 6.92 Å². The van der Waals surface area contributed by atoms with Gasteiger partial charge in [-0.05, 0) is 42.3 Å². The Labute approximate surface area is 125 Å². The van der Waals surface area contributed by atoms with Crippen LogP contribution in [0.4, 0.5) is 11.4 Å². The summed E-state index contributed by atoms with van der Waals surface area (Å²) in [5.41, 5.74) is 4.05. The Morgan fingerprint density at radius 3 is 2.57 bits per heavy atom. The zero-order valence-electron chi connectivity index (χ0n) is 12.6. The van der Waals surface area contributed by atoms with Crippen molar-refractivity contribution in [2.45, 2.75) is 20.4 Å². The number of anilines is 2. The van der Waals surface area contributed by atoms with E-state index in [-0.39, 0.29) is 5.91 Å². The average Bonchev–Trinajstić information content (AvgIpc) is 2.46. The highest BCUT2D eigenvalue weighted by Crippen LogP contribution is 2.23. The van der Waals surface area contributed by atoms with Gasteiger partial charge in [-0.3, -0.25) is 4.79 Å². The predicted octanol–water partition coefficient (Wildman–Crippen LogP) is 3.57. The maximum atomic E-state index is 11.2. The topological polar surface area (TPSA) is 50.4 Å². The van der Waals surface area contributed by atoms with Gasteiger partial charge in [0.25, 0.3) is 0 Å². The van der Waals surface area contributed by atoms with Crippen LogP contribution < -0.4 is 15.4 Å². The molecule has 0 aliphatic carbocycles. The summed E-state index contributed by atoms with van der Waals surface area (Å²) in [5.74, 6) is 0.778. The lowest BCUT2D eigenvalue weighted by molar-refractivity contribution is -0.114. The first-order valence-electron chi connectivity index (χ1n) is 6.84. The van der Waals surface area contributed by atoms with E-state index in [1.807, 2.05) is 49.4 Å². The number of ether oxygens (including phenoxy) is 1. The highest BCUT2D eigenvalue weighted by atomic mass is 16.5. The van der Waals surface area contributed by atoms with Crippen molar-refractivity contribution in [3.63, 3.8) is 0 Å². The Morgan fingerprint density at radius 1 is 1.14 bits per heavy atom. The molecule has 4 heteroatoms. The molecular weight excluding hydrogens is 264 g/mol. The number of carbonyl (C=O) groups is 1. The summed E-state index contributed by atoms with van der Waals surface area (Å²) in [6.45, 7) is 4.19. The molecule has 0 spiro atoms. The number of para-hydroxylation sites is 1. The molecule has 0 aromatic heterocycles. The molecule has 0 bridgehead atoms. The fraction of sp³-hybridized carbons (Fsp3) is 0.235. The number of amides is 1. The molecule has 0 fully saturated rings. The minimum atomic E-state index is -0.0666. The van der Waals surface area contributed by atoms with E-state index in [1.54, 1.807) is 7.11 Å². The molecular formula is C17H20N2O2. The van der Waals surface area contributed by atoms with Crippen molar-refractivity contribution in [1.29, 1.82) is 0 Å². The summed E-state index contributed by atoms with van der Waals surface area (Å²) < 4.78 is 5.20. The van der Waals surface area contributed by atoms with Gasteiger partial charge >= 0.3 is 0 Å². The van der Waals surface area contributed by atoms with Crippen LogP contribution in [0.25, 0.3) is 0 Å². The van der Waals surface area contributed by atoms with E-state index in [0.717, 1.165) is 28.3 Å². The average molecular weight is 284 g/mol. The summed E-state index contributed by atoms with van der Waals surface area (Å²) >= 11 is 0. The molecule has 0 atom stereocenters. The maximum absolute atomic E-state index is 11.2. The number of nitrogens with one attached hydrogen (secondary N) is 2. The molecule has 0 unspecified atom stereocenters. The summed E-state index contributed by atoms with van der Waals surface area (Å²) in [6.07, 6.45) is 0. The highest BCUT2D eigenvalue weighted by Gasteiger charge is 2.05. The van der Waals surface area contributed by atoms with Crippen LogP contribution in [-0.4, -0.2) is 13.0 Å². The molecule has 2 rings (SSSR count). The SMILES string of the molecule is COc1ccc(NCc2ccccc2NC(C)=O)c(C)c1. The molecule has 0 heterocycles. The van der Waals surface area contributed by atoms with E-state index in [9.17, 15) is 4.79 Å². The normalized spacial score (nSPS) is 10.0. The maximum Gasteiger partial charge on any atom is 0.221 e. The van der Waals surface area contributed by atoms with Gasteiger partial charge in [0, 0.05) is 24.8 Å². The Bertz CT molecular complexity index is 638. The first-order chi connectivity index (χ1) is 10.1. The van der Waals surface area contributed by atoms with Gasteiger partial charge in [-0.1, -0.05) is 18.2 Å². The third kappa shape index (κ3) is 3.99. The largest absolute Gasteiger partial charge is 0.497 e. The van der Waals surface area contributed by atoms with Gasteiger partial charge in [-0.15, -0.1) is 0 Å². The van der Waals surface area contributed by atoms with Gasteiger partial charge in [0.2, 0.25) is 5.91 Å². The smallest absolute Gasteiger partial charge is 0.221 e. The summed E-state index contributed by atoms with van der Waals surface area (Å²) in [6, 6.07) is 13.7. The van der Waals surface area contributed by atoms with Crippen molar-refractivity contribution in [1.82, 2.24) is 0 Å². The van der Waals surface area contributed by atoms with E-state index in [4.69, 9.17) is 4.74 Å². The lowest BCUT2D eigenvalue weighted by atomic mass is 10.1. The molecule has 21 heavy (non-hydrogen) atoms. The van der Waals surface area contributed by atoms with E-state index in [0.29, 0.717) is 6.54 Å². The second-order valence-electron chi connectivity index (χ2n) is 4.87. The molecule has 0 saturated heterocycles. The third-order valence-corrected chi connectivity index (χ3v) is 3.23. The lowest BCUT2D eigenvalue weighted by Gasteiger charge is -2.14. The van der Waals surface area contributed by atoms with Crippen molar-refractivity contribution >= 4 is 17.3 Å². The fourth-order valence-corrected chi connectivity index (χ4v) is 2.14. The van der Waals surface area contributed by atoms with Crippen molar-refractivity contribution < 1.29 is 9.53 Å². The summed E-state index contributed by atoms with van der Waals surface area (Å²) in [5, 5.41) is 6.23. The molecule has 110 valence electrons. The number of aryl methyl sites for hydroxylation is 1. The second kappa shape index (κ2) is 6.79. The molecule has 4 nitrogen and oxygen atoms in total. The number of hydrogen-bond donors (Lipinski definition) is 2. The van der Waals surface area contributed by atoms with Crippen LogP contribution in [-0.2, 0) is 11.3 Å². The van der Waals surface area contributed by atoms with Crippen LogP contribution in [0, 0.1) is 6.92 Å². The standard InChI is InChI=1S/C17H20N2O2/c1-12-10-15(21-3)8-9-16(12)18-11-14-6-4-5-7-17(14)19-13(2)20/h4-10,18H,11H2,1-3H3,(H,19,20). The lowest BCUT2D eigenvalue weighted by Crippen LogP contribution is -2.10. The van der Waals surface area contributed by atoms with Crippen molar-refractivity contribution in [2.24, 2.45) is 0 Å². The van der Waals surface area contributed by atoms with Gasteiger partial charge in [0.15, 0.2) is 0 Å². The molecule has 0 saturated carbocycles. The molecule has 0 aliphatic heterocycles. The Hall–Kier alpha value is -2.49. The number of hydrogen-bond acceptors (Lipinski definition) is 3. The third-order valence-electron chi connectivity index (χ3n) is 3.23. The van der Waals surface area contributed by atoms with E-state index in [2.05, 4.69) is 10.6 Å². The molecule has 0 radical (unpaired) electrons. The van der Waals surface area contributed by atoms with Gasteiger partial charge < -0.3 is 15.4 Å². The Morgan fingerprint density at radius 2 is 1.90 bits per heavy atom. The van der Waals surface area contributed by atoms with Gasteiger partial charge in [-0.25, -0.2) is 0 Å². The number of benzene rings is 2. The second-order valence-corrected chi connectivity index (χ2v) is 4.87. The van der Waals surface area contributed by atoms with Crippen molar-refractivity contribution in [2.75, 3.05) is 17.7 Å². The first-order valence-corrected chi connectivity index (χ1v) is 6.84. The zero-order chi connectivity index (χ0) is 15.2. The van der Waals surface area contributed by atoms with Crippen LogP contribution >= 0.6 is 0 Å². The molecule has 2 aromatic carbocycles. The summed E-state index contributed by atoms with van der Waals surface area (Å²) in [4.78, 5) is 11.2. The number of methoxy groups -OCH3 is 1.